The molecule has 1 heterocycles. The number of hydrogen-bond donors (Lipinski definition) is 1. The maximum Gasteiger partial charge on any atom is 0.301 e. The van der Waals surface area contributed by atoms with Crippen molar-refractivity contribution in [2.75, 3.05) is 11.5 Å². The van der Waals surface area contributed by atoms with Crippen molar-refractivity contribution >= 4 is 23.1 Å². The molecule has 0 aliphatic carbocycles. The Morgan fingerprint density at radius 1 is 1.04 bits per heavy atom. The molecule has 0 unspecified atom stereocenters. The molecule has 0 saturated heterocycles. The second-order valence-electron chi connectivity index (χ2n) is 5.47. The maximum absolute atomic E-state index is 12.7. The number of benzene rings is 2. The van der Waals surface area contributed by atoms with Gasteiger partial charge in [-0.1, -0.05) is 35.9 Å². The van der Waals surface area contributed by atoms with Crippen LogP contribution in [0.15, 0.2) is 54.3 Å². The summed E-state index contributed by atoms with van der Waals surface area (Å²) in [6.45, 7) is 4.25. The van der Waals surface area contributed by atoms with Gasteiger partial charge in [-0.25, -0.2) is 4.90 Å². The Balaban J connectivity index is 1.99. The van der Waals surface area contributed by atoms with Crippen molar-refractivity contribution in [2.45, 2.75) is 13.8 Å². The lowest BCUT2D eigenvalue weighted by atomic mass is 10.0. The highest BCUT2D eigenvalue weighted by Crippen LogP contribution is 2.33. The van der Waals surface area contributed by atoms with E-state index in [1.807, 2.05) is 26.0 Å². The minimum absolute atomic E-state index is 0.0156. The Labute approximate surface area is 139 Å². The third-order valence-corrected chi connectivity index (χ3v) is 3.79. The molecule has 1 aliphatic heterocycles. The molecule has 3 rings (SSSR count). The molecule has 5 nitrogen and oxygen atoms in total. The summed E-state index contributed by atoms with van der Waals surface area (Å²) in [5.74, 6) is -1.26. The van der Waals surface area contributed by atoms with E-state index in [4.69, 9.17) is 4.74 Å². The van der Waals surface area contributed by atoms with E-state index in [-0.39, 0.29) is 5.57 Å². The molecular weight excluding hydrogens is 306 g/mol. The van der Waals surface area contributed by atoms with Crippen LogP contribution < -0.4 is 9.64 Å². The molecule has 0 spiro atoms. The van der Waals surface area contributed by atoms with Gasteiger partial charge in [-0.3, -0.25) is 9.59 Å². The zero-order chi connectivity index (χ0) is 17.3. The second kappa shape index (κ2) is 6.20. The smallest absolute Gasteiger partial charge is 0.301 e. The Morgan fingerprint density at radius 2 is 1.75 bits per heavy atom. The molecule has 2 aromatic carbocycles. The first-order chi connectivity index (χ1) is 11.5. The van der Waals surface area contributed by atoms with Gasteiger partial charge in [0.05, 0.1) is 17.9 Å². The van der Waals surface area contributed by atoms with Crippen LogP contribution >= 0.6 is 0 Å². The van der Waals surface area contributed by atoms with Gasteiger partial charge < -0.3 is 9.84 Å². The number of anilines is 1. The predicted octanol–water partition coefficient (Wildman–Crippen LogP) is 3.24. The lowest BCUT2D eigenvalue weighted by Crippen LogP contribution is -2.31. The average molecular weight is 323 g/mol. The van der Waals surface area contributed by atoms with Crippen LogP contribution in [0.3, 0.4) is 0 Å². The number of aryl methyl sites for hydroxylation is 1. The number of aliphatic hydroxyl groups is 1. The van der Waals surface area contributed by atoms with E-state index in [1.165, 1.54) is 0 Å². The highest BCUT2D eigenvalue weighted by Gasteiger charge is 2.40. The summed E-state index contributed by atoms with van der Waals surface area (Å²) >= 11 is 0. The number of ether oxygens (including phenoxy) is 1. The number of nitrogens with zero attached hydrogens (tertiary/aromatic N) is 1. The summed E-state index contributed by atoms with van der Waals surface area (Å²) in [5, 5.41) is 10.2. The Bertz CT molecular complexity index is 837. The zero-order valence-electron chi connectivity index (χ0n) is 13.4. The van der Waals surface area contributed by atoms with Crippen LogP contribution in [-0.2, 0) is 9.59 Å². The van der Waals surface area contributed by atoms with Crippen molar-refractivity contribution in [1.29, 1.82) is 0 Å². The fourth-order valence-electron chi connectivity index (χ4n) is 2.61. The van der Waals surface area contributed by atoms with Crippen molar-refractivity contribution < 1.29 is 19.4 Å². The fourth-order valence-corrected chi connectivity index (χ4v) is 2.61. The second-order valence-corrected chi connectivity index (χ2v) is 5.47. The zero-order valence-corrected chi connectivity index (χ0v) is 13.4. The van der Waals surface area contributed by atoms with Crippen LogP contribution in [0.4, 0.5) is 5.69 Å². The molecule has 0 saturated carbocycles. The Hall–Kier alpha value is -3.08. The van der Waals surface area contributed by atoms with Gasteiger partial charge in [0.15, 0.2) is 5.76 Å². The predicted molar refractivity (Wildman–Crippen MR) is 90.8 cm³/mol. The molecule has 1 N–H and O–H groups in total. The molecule has 0 radical (unpaired) electrons. The van der Waals surface area contributed by atoms with Crippen LogP contribution in [0.1, 0.15) is 18.1 Å². The van der Waals surface area contributed by atoms with E-state index in [1.54, 1.807) is 36.4 Å². The monoisotopic (exact) mass is 323 g/mol. The minimum Gasteiger partial charge on any atom is -0.502 e. The quantitative estimate of drug-likeness (QED) is 0.877. The highest BCUT2D eigenvalue weighted by molar-refractivity contribution is 6.44. The normalized spacial score (nSPS) is 14.5. The third-order valence-electron chi connectivity index (χ3n) is 3.79. The van der Waals surface area contributed by atoms with Crippen molar-refractivity contribution in [3.05, 3.63) is 65.4 Å². The van der Waals surface area contributed by atoms with Gasteiger partial charge in [-0.2, -0.15) is 0 Å². The first-order valence-electron chi connectivity index (χ1n) is 7.65. The van der Waals surface area contributed by atoms with Gasteiger partial charge in [0.25, 0.3) is 5.91 Å². The van der Waals surface area contributed by atoms with E-state index in [0.717, 1.165) is 10.5 Å². The summed E-state index contributed by atoms with van der Waals surface area (Å²) in [5.41, 5.74) is 1.92. The number of carbonyl (C=O) groups is 2. The Kier molecular flexibility index (Phi) is 4.08. The van der Waals surface area contributed by atoms with E-state index >= 15 is 0 Å². The van der Waals surface area contributed by atoms with E-state index < -0.39 is 17.6 Å². The SMILES string of the molecule is CCOc1cccc(N2C(=O)C(O)=C(c3ccc(C)cc3)C2=O)c1. The molecule has 122 valence electrons. The van der Waals surface area contributed by atoms with Crippen molar-refractivity contribution in [1.82, 2.24) is 0 Å². The fraction of sp³-hybridized carbons (Fsp3) is 0.158. The van der Waals surface area contributed by atoms with Gasteiger partial charge in [-0.05, 0) is 31.5 Å². The van der Waals surface area contributed by atoms with Crippen LogP contribution in [0.5, 0.6) is 5.75 Å². The summed E-state index contributed by atoms with van der Waals surface area (Å²) < 4.78 is 5.40. The number of carbonyl (C=O) groups excluding carboxylic acids is 2. The number of rotatable bonds is 4. The topological polar surface area (TPSA) is 66.8 Å². The largest absolute Gasteiger partial charge is 0.502 e. The third kappa shape index (κ3) is 2.65. The maximum atomic E-state index is 12.7. The van der Waals surface area contributed by atoms with Gasteiger partial charge in [0.1, 0.15) is 5.75 Å². The molecule has 0 atom stereocenters. The summed E-state index contributed by atoms with van der Waals surface area (Å²) in [7, 11) is 0. The first kappa shape index (κ1) is 15.8. The summed E-state index contributed by atoms with van der Waals surface area (Å²) in [6.07, 6.45) is 0. The minimum atomic E-state index is -0.732. The van der Waals surface area contributed by atoms with Crippen molar-refractivity contribution in [3.63, 3.8) is 0 Å². The molecule has 0 aromatic heterocycles. The van der Waals surface area contributed by atoms with Crippen LogP contribution in [0.25, 0.3) is 5.57 Å². The molecule has 0 bridgehead atoms. The van der Waals surface area contributed by atoms with Crippen molar-refractivity contribution in [2.24, 2.45) is 0 Å². The lowest BCUT2D eigenvalue weighted by molar-refractivity contribution is -0.121. The lowest BCUT2D eigenvalue weighted by Gasteiger charge is -2.15. The Morgan fingerprint density at radius 3 is 2.42 bits per heavy atom. The standard InChI is InChI=1S/C19H17NO4/c1-3-24-15-6-4-5-14(11-15)20-18(22)16(17(21)19(20)23)13-9-7-12(2)8-10-13/h4-11,21H,3H2,1-2H3. The van der Waals surface area contributed by atoms with Gasteiger partial charge in [-0.15, -0.1) is 0 Å². The number of aliphatic hydroxyl groups excluding tert-OH is 1. The summed E-state index contributed by atoms with van der Waals surface area (Å²) in [4.78, 5) is 26.1. The van der Waals surface area contributed by atoms with Crippen LogP contribution in [0.2, 0.25) is 0 Å². The molecule has 0 fully saturated rings. The molecule has 5 heteroatoms. The van der Waals surface area contributed by atoms with Gasteiger partial charge in [0, 0.05) is 6.07 Å². The summed E-state index contributed by atoms with van der Waals surface area (Å²) in [6, 6.07) is 13.7. The first-order valence-corrected chi connectivity index (χ1v) is 7.65. The molecular formula is C19H17NO4. The van der Waals surface area contributed by atoms with E-state index in [0.29, 0.717) is 23.6 Å². The van der Waals surface area contributed by atoms with Crippen molar-refractivity contribution in [3.8, 4) is 5.75 Å². The highest BCUT2D eigenvalue weighted by atomic mass is 16.5. The van der Waals surface area contributed by atoms with Crippen LogP contribution in [-0.4, -0.2) is 23.5 Å². The number of amides is 2. The van der Waals surface area contributed by atoms with Gasteiger partial charge >= 0.3 is 5.91 Å². The molecule has 2 amide bonds. The number of imide groups is 1. The average Bonchev–Trinajstić information content (AvgIpc) is 2.79. The van der Waals surface area contributed by atoms with Crippen LogP contribution in [0, 0.1) is 6.92 Å². The molecule has 1 aliphatic rings. The molecule has 2 aromatic rings. The molecule has 24 heavy (non-hydrogen) atoms. The van der Waals surface area contributed by atoms with Gasteiger partial charge in [0.2, 0.25) is 0 Å². The van der Waals surface area contributed by atoms with E-state index in [9.17, 15) is 14.7 Å². The number of hydrogen-bond acceptors (Lipinski definition) is 4. The van der Waals surface area contributed by atoms with E-state index in [2.05, 4.69) is 0 Å².